The van der Waals surface area contributed by atoms with Gasteiger partial charge in [-0.05, 0) is 72.4 Å². The summed E-state index contributed by atoms with van der Waals surface area (Å²) in [6.07, 6.45) is 0.523. The van der Waals surface area contributed by atoms with E-state index in [1.807, 2.05) is 49.4 Å². The van der Waals surface area contributed by atoms with Gasteiger partial charge in [-0.1, -0.05) is 45.0 Å². The first-order valence-electron chi connectivity index (χ1n) is 13.4. The van der Waals surface area contributed by atoms with Crippen LogP contribution in [0.2, 0.25) is 0 Å². The van der Waals surface area contributed by atoms with Gasteiger partial charge in [-0.15, -0.1) is 0 Å². The second-order valence-corrected chi connectivity index (χ2v) is 10.8. The van der Waals surface area contributed by atoms with Crippen molar-refractivity contribution in [2.24, 2.45) is 0 Å². The summed E-state index contributed by atoms with van der Waals surface area (Å²) in [6, 6.07) is 19.4. The molecule has 1 aliphatic heterocycles. The molecule has 1 unspecified atom stereocenters. The number of likely N-dealkylation sites (tertiary alicyclic amines) is 1. The molecule has 0 bridgehead atoms. The van der Waals surface area contributed by atoms with E-state index < -0.39 is 17.7 Å². The number of Topliss-reactive ketones (excluding diaryl/α,β-unsaturated/α-hetero) is 1. The van der Waals surface area contributed by atoms with Gasteiger partial charge in [0.25, 0.3) is 11.7 Å². The van der Waals surface area contributed by atoms with Gasteiger partial charge in [0.05, 0.1) is 32.4 Å². The van der Waals surface area contributed by atoms with Gasteiger partial charge < -0.3 is 24.2 Å². The van der Waals surface area contributed by atoms with Crippen molar-refractivity contribution in [3.05, 3.63) is 94.6 Å². The fourth-order valence-electron chi connectivity index (χ4n) is 5.01. The van der Waals surface area contributed by atoms with E-state index in [1.165, 1.54) is 4.90 Å². The number of ketones is 1. The molecule has 210 valence electrons. The fraction of sp³-hybridized carbons (Fsp3) is 0.333. The highest BCUT2D eigenvalue weighted by atomic mass is 16.5. The summed E-state index contributed by atoms with van der Waals surface area (Å²) in [7, 11) is 3.17. The van der Waals surface area contributed by atoms with Crippen molar-refractivity contribution in [2.75, 3.05) is 27.4 Å². The Kier molecular flexibility index (Phi) is 8.52. The maximum Gasteiger partial charge on any atom is 0.295 e. The van der Waals surface area contributed by atoms with Crippen molar-refractivity contribution >= 4 is 17.4 Å². The van der Waals surface area contributed by atoms with Crippen LogP contribution in [0.1, 0.15) is 56.0 Å². The van der Waals surface area contributed by atoms with E-state index in [0.717, 1.165) is 22.6 Å². The molecule has 0 radical (unpaired) electrons. The number of carbonyl (C=O) groups excluding carboxylic acids is 2. The van der Waals surface area contributed by atoms with Crippen molar-refractivity contribution in [2.45, 2.75) is 45.6 Å². The molecule has 0 aromatic heterocycles. The maximum atomic E-state index is 13.5. The molecular formula is C33H37NO6. The van der Waals surface area contributed by atoms with E-state index in [0.29, 0.717) is 29.9 Å². The number of aliphatic hydroxyl groups is 1. The first-order valence-corrected chi connectivity index (χ1v) is 13.4. The minimum absolute atomic E-state index is 0.0528. The number of benzene rings is 3. The van der Waals surface area contributed by atoms with Crippen LogP contribution in [0, 0.1) is 0 Å². The van der Waals surface area contributed by atoms with Crippen LogP contribution >= 0.6 is 0 Å². The lowest BCUT2D eigenvalue weighted by molar-refractivity contribution is -0.139. The predicted octanol–water partition coefficient (Wildman–Crippen LogP) is 6.06. The lowest BCUT2D eigenvalue weighted by atomic mass is 9.84. The largest absolute Gasteiger partial charge is 0.507 e. The molecule has 1 fully saturated rings. The maximum absolute atomic E-state index is 13.5. The fourth-order valence-corrected chi connectivity index (χ4v) is 5.01. The molecule has 1 aliphatic rings. The van der Waals surface area contributed by atoms with Crippen LogP contribution in [0.25, 0.3) is 5.76 Å². The Morgan fingerprint density at radius 2 is 1.62 bits per heavy atom. The summed E-state index contributed by atoms with van der Waals surface area (Å²) in [5.74, 6) is 0.471. The second-order valence-electron chi connectivity index (χ2n) is 10.8. The Balaban J connectivity index is 1.81. The summed E-state index contributed by atoms with van der Waals surface area (Å²) in [5.41, 5.74) is 2.79. The topological polar surface area (TPSA) is 85.3 Å². The van der Waals surface area contributed by atoms with Crippen LogP contribution in [0.4, 0.5) is 0 Å². The molecule has 7 heteroatoms. The first kappa shape index (κ1) is 28.7. The van der Waals surface area contributed by atoms with Crippen molar-refractivity contribution < 1.29 is 28.9 Å². The van der Waals surface area contributed by atoms with Gasteiger partial charge >= 0.3 is 0 Å². The summed E-state index contributed by atoms with van der Waals surface area (Å²) in [4.78, 5) is 28.5. The molecule has 0 spiro atoms. The highest BCUT2D eigenvalue weighted by Crippen LogP contribution is 2.41. The van der Waals surface area contributed by atoms with Gasteiger partial charge in [-0.3, -0.25) is 9.59 Å². The molecular weight excluding hydrogens is 506 g/mol. The normalized spacial score (nSPS) is 16.8. The average Bonchev–Trinajstić information content (AvgIpc) is 3.20. The number of rotatable bonds is 9. The minimum Gasteiger partial charge on any atom is -0.507 e. The number of carbonyl (C=O) groups is 2. The zero-order chi connectivity index (χ0) is 29.0. The quantitative estimate of drug-likeness (QED) is 0.201. The van der Waals surface area contributed by atoms with Gasteiger partial charge in [0, 0.05) is 17.7 Å². The van der Waals surface area contributed by atoms with E-state index >= 15 is 0 Å². The van der Waals surface area contributed by atoms with E-state index in [1.54, 1.807) is 38.5 Å². The zero-order valence-electron chi connectivity index (χ0n) is 24.0. The van der Waals surface area contributed by atoms with Crippen LogP contribution in [0.3, 0.4) is 0 Å². The number of amides is 1. The number of hydrogen-bond donors (Lipinski definition) is 1. The number of methoxy groups -OCH3 is 2. The number of aliphatic hydroxyl groups excluding tert-OH is 1. The number of nitrogens with zero attached hydrogens (tertiary/aromatic N) is 1. The van der Waals surface area contributed by atoms with Gasteiger partial charge in [0.15, 0.2) is 0 Å². The third-order valence-electron chi connectivity index (χ3n) is 7.11. The Hall–Kier alpha value is -4.26. The highest BCUT2D eigenvalue weighted by molar-refractivity contribution is 6.46. The van der Waals surface area contributed by atoms with Gasteiger partial charge in [-0.2, -0.15) is 0 Å². The summed E-state index contributed by atoms with van der Waals surface area (Å²) < 4.78 is 16.5. The highest BCUT2D eigenvalue weighted by Gasteiger charge is 2.46. The number of ether oxygens (including phenoxy) is 3. The molecule has 1 atom stereocenters. The molecule has 7 nitrogen and oxygen atoms in total. The van der Waals surface area contributed by atoms with Gasteiger partial charge in [0.1, 0.15) is 23.0 Å². The molecule has 3 aromatic rings. The molecule has 1 amide bonds. The van der Waals surface area contributed by atoms with E-state index in [9.17, 15) is 14.7 Å². The van der Waals surface area contributed by atoms with Crippen LogP contribution in [-0.2, 0) is 21.4 Å². The van der Waals surface area contributed by atoms with E-state index in [4.69, 9.17) is 14.2 Å². The lowest BCUT2D eigenvalue weighted by Crippen LogP contribution is -2.31. The van der Waals surface area contributed by atoms with Crippen molar-refractivity contribution in [1.29, 1.82) is 0 Å². The van der Waals surface area contributed by atoms with Crippen molar-refractivity contribution in [3.8, 4) is 17.2 Å². The molecule has 1 heterocycles. The van der Waals surface area contributed by atoms with E-state index in [-0.39, 0.29) is 23.3 Å². The van der Waals surface area contributed by atoms with E-state index in [2.05, 4.69) is 20.8 Å². The third-order valence-corrected chi connectivity index (χ3v) is 7.11. The molecule has 40 heavy (non-hydrogen) atoms. The molecule has 3 aromatic carbocycles. The molecule has 1 saturated heterocycles. The van der Waals surface area contributed by atoms with Crippen LogP contribution in [0.5, 0.6) is 17.2 Å². The van der Waals surface area contributed by atoms with Crippen LogP contribution < -0.4 is 14.2 Å². The second kappa shape index (κ2) is 11.9. The van der Waals surface area contributed by atoms with Crippen molar-refractivity contribution in [1.82, 2.24) is 4.90 Å². The molecule has 0 aliphatic carbocycles. The third kappa shape index (κ3) is 5.83. The number of hydrogen-bond acceptors (Lipinski definition) is 6. The van der Waals surface area contributed by atoms with Crippen molar-refractivity contribution in [3.63, 3.8) is 0 Å². The smallest absolute Gasteiger partial charge is 0.295 e. The zero-order valence-corrected chi connectivity index (χ0v) is 24.0. The Bertz CT molecular complexity index is 1420. The lowest BCUT2D eigenvalue weighted by Gasteiger charge is -2.26. The molecule has 0 saturated carbocycles. The standard InChI is InChI=1S/C33H37NO6/c1-7-40-27-16-13-23(20-26(27)33(2,3)4)30(35)28-29(22-9-8-10-25(19-22)39-6)34(32(37)31(28)36)18-17-21-11-14-24(38-5)15-12-21/h8-16,19-20,29,35H,7,17-18H2,1-6H3/b30-28-. The first-order chi connectivity index (χ1) is 19.1. The minimum atomic E-state index is -0.780. The van der Waals surface area contributed by atoms with Gasteiger partial charge in [0.2, 0.25) is 0 Å². The average molecular weight is 544 g/mol. The van der Waals surface area contributed by atoms with Crippen LogP contribution in [-0.4, -0.2) is 49.1 Å². The molecule has 1 N–H and O–H groups in total. The van der Waals surface area contributed by atoms with Gasteiger partial charge in [-0.25, -0.2) is 0 Å². The SMILES string of the molecule is CCOc1ccc(/C(O)=C2/C(=O)C(=O)N(CCc3ccc(OC)cc3)C2c2cccc(OC)c2)cc1C(C)(C)C. The summed E-state index contributed by atoms with van der Waals surface area (Å²) in [5, 5.41) is 11.6. The Morgan fingerprint density at radius 1 is 0.925 bits per heavy atom. The monoisotopic (exact) mass is 543 g/mol. The Labute approximate surface area is 236 Å². The summed E-state index contributed by atoms with van der Waals surface area (Å²) >= 11 is 0. The Morgan fingerprint density at radius 3 is 2.25 bits per heavy atom. The summed E-state index contributed by atoms with van der Waals surface area (Å²) in [6.45, 7) is 8.88. The van der Waals surface area contributed by atoms with Crippen LogP contribution in [0.15, 0.2) is 72.3 Å². The predicted molar refractivity (Wildman–Crippen MR) is 155 cm³/mol. The molecule has 4 rings (SSSR count).